The quantitative estimate of drug-likeness (QED) is 0.727. The van der Waals surface area contributed by atoms with Gasteiger partial charge < -0.3 is 10.2 Å². The van der Waals surface area contributed by atoms with E-state index in [4.69, 9.17) is 0 Å². The summed E-state index contributed by atoms with van der Waals surface area (Å²) in [7, 11) is 0. The standard InChI is InChI=1S/C13H22N2O/c16-13(10-3-1-2-4-10)15-8-6-12-11(9-15)5-7-14-12/h10-12,14H,1-9H2. The molecule has 0 bridgehead atoms. The molecule has 0 radical (unpaired) electrons. The molecule has 1 saturated carbocycles. The number of nitrogens with one attached hydrogen (secondary N) is 1. The van der Waals surface area contributed by atoms with E-state index in [1.165, 1.54) is 25.7 Å². The van der Waals surface area contributed by atoms with Crippen LogP contribution >= 0.6 is 0 Å². The Bertz CT molecular complexity index is 273. The van der Waals surface area contributed by atoms with Crippen LogP contribution in [0.15, 0.2) is 0 Å². The molecule has 1 N–H and O–H groups in total. The van der Waals surface area contributed by atoms with Gasteiger partial charge in [-0.25, -0.2) is 0 Å². The molecule has 2 saturated heterocycles. The van der Waals surface area contributed by atoms with Crippen LogP contribution in [0.4, 0.5) is 0 Å². The Morgan fingerprint density at radius 3 is 2.75 bits per heavy atom. The van der Waals surface area contributed by atoms with Gasteiger partial charge in [0.2, 0.25) is 5.91 Å². The summed E-state index contributed by atoms with van der Waals surface area (Å²) in [5.41, 5.74) is 0. The largest absolute Gasteiger partial charge is 0.342 e. The monoisotopic (exact) mass is 222 g/mol. The second-order valence-corrected chi connectivity index (χ2v) is 5.66. The van der Waals surface area contributed by atoms with Crippen molar-refractivity contribution in [3.8, 4) is 0 Å². The lowest BCUT2D eigenvalue weighted by Crippen LogP contribution is -2.48. The van der Waals surface area contributed by atoms with E-state index in [2.05, 4.69) is 10.2 Å². The minimum absolute atomic E-state index is 0.367. The molecule has 16 heavy (non-hydrogen) atoms. The molecule has 3 heteroatoms. The Morgan fingerprint density at radius 1 is 1.12 bits per heavy atom. The summed E-state index contributed by atoms with van der Waals surface area (Å²) in [6.45, 7) is 3.16. The fourth-order valence-electron chi connectivity index (χ4n) is 3.68. The van der Waals surface area contributed by atoms with Crippen LogP contribution in [0.2, 0.25) is 0 Å². The van der Waals surface area contributed by atoms with Gasteiger partial charge in [0.25, 0.3) is 0 Å². The van der Waals surface area contributed by atoms with Gasteiger partial charge in [0.05, 0.1) is 0 Å². The van der Waals surface area contributed by atoms with E-state index < -0.39 is 0 Å². The van der Waals surface area contributed by atoms with Crippen LogP contribution in [0.25, 0.3) is 0 Å². The van der Waals surface area contributed by atoms with E-state index in [1.54, 1.807) is 0 Å². The van der Waals surface area contributed by atoms with Crippen LogP contribution in [-0.4, -0.2) is 36.5 Å². The number of carbonyl (C=O) groups excluding carboxylic acids is 1. The molecule has 2 heterocycles. The number of rotatable bonds is 1. The summed E-state index contributed by atoms with van der Waals surface area (Å²) in [6, 6.07) is 0.702. The molecule has 2 unspecified atom stereocenters. The molecule has 1 amide bonds. The molecular formula is C13H22N2O. The molecule has 2 aliphatic heterocycles. The zero-order chi connectivity index (χ0) is 11.0. The fourth-order valence-corrected chi connectivity index (χ4v) is 3.68. The van der Waals surface area contributed by atoms with Gasteiger partial charge in [-0.05, 0) is 38.1 Å². The maximum absolute atomic E-state index is 12.3. The van der Waals surface area contributed by atoms with Crippen molar-refractivity contribution in [3.63, 3.8) is 0 Å². The third-order valence-corrected chi connectivity index (χ3v) is 4.67. The number of likely N-dealkylation sites (tertiary alicyclic amines) is 1. The van der Waals surface area contributed by atoms with Crippen LogP contribution in [0.3, 0.4) is 0 Å². The summed E-state index contributed by atoms with van der Waals surface area (Å²) in [5.74, 6) is 1.56. The molecular weight excluding hydrogens is 200 g/mol. The second kappa shape index (κ2) is 4.36. The smallest absolute Gasteiger partial charge is 0.225 e. The Hall–Kier alpha value is -0.570. The third-order valence-electron chi connectivity index (χ3n) is 4.67. The van der Waals surface area contributed by atoms with Gasteiger partial charge in [0.1, 0.15) is 0 Å². The first kappa shape index (κ1) is 10.6. The lowest BCUT2D eigenvalue weighted by atomic mass is 9.92. The van der Waals surface area contributed by atoms with Crippen molar-refractivity contribution in [2.75, 3.05) is 19.6 Å². The summed E-state index contributed by atoms with van der Waals surface area (Å²) < 4.78 is 0. The summed E-state index contributed by atoms with van der Waals surface area (Å²) in [4.78, 5) is 14.5. The number of hydrogen-bond acceptors (Lipinski definition) is 2. The molecule has 3 aliphatic rings. The number of nitrogens with zero attached hydrogens (tertiary/aromatic N) is 1. The number of fused-ring (bicyclic) bond motifs is 1. The maximum atomic E-state index is 12.3. The topological polar surface area (TPSA) is 32.3 Å². The first-order valence-corrected chi connectivity index (χ1v) is 6.87. The summed E-state index contributed by atoms with van der Waals surface area (Å²) in [5, 5.41) is 3.55. The maximum Gasteiger partial charge on any atom is 0.225 e. The van der Waals surface area contributed by atoms with Gasteiger partial charge in [0, 0.05) is 25.0 Å². The van der Waals surface area contributed by atoms with Crippen molar-refractivity contribution in [1.29, 1.82) is 0 Å². The normalized spacial score (nSPS) is 35.4. The molecule has 90 valence electrons. The molecule has 0 aromatic rings. The van der Waals surface area contributed by atoms with Crippen molar-refractivity contribution < 1.29 is 4.79 Å². The lowest BCUT2D eigenvalue weighted by Gasteiger charge is -2.36. The number of hydrogen-bond donors (Lipinski definition) is 1. The molecule has 2 atom stereocenters. The van der Waals surface area contributed by atoms with Crippen molar-refractivity contribution in [1.82, 2.24) is 10.2 Å². The first-order valence-electron chi connectivity index (χ1n) is 6.87. The summed E-state index contributed by atoms with van der Waals surface area (Å²) >= 11 is 0. The Balaban J connectivity index is 1.60. The van der Waals surface area contributed by atoms with E-state index in [0.29, 0.717) is 17.9 Å². The minimum atomic E-state index is 0.367. The Morgan fingerprint density at radius 2 is 1.94 bits per heavy atom. The van der Waals surface area contributed by atoms with Crippen molar-refractivity contribution in [2.45, 2.75) is 44.6 Å². The average molecular weight is 222 g/mol. The Kier molecular flexibility index (Phi) is 2.88. The molecule has 3 rings (SSSR count). The van der Waals surface area contributed by atoms with Crippen molar-refractivity contribution in [3.05, 3.63) is 0 Å². The molecule has 0 spiro atoms. The van der Waals surface area contributed by atoms with E-state index in [1.807, 2.05) is 0 Å². The summed E-state index contributed by atoms with van der Waals surface area (Å²) in [6.07, 6.45) is 7.24. The highest BCUT2D eigenvalue weighted by Crippen LogP contribution is 2.30. The van der Waals surface area contributed by atoms with E-state index >= 15 is 0 Å². The third kappa shape index (κ3) is 1.86. The molecule has 0 aromatic heterocycles. The first-order chi connectivity index (χ1) is 7.84. The van der Waals surface area contributed by atoms with Crippen LogP contribution in [0.5, 0.6) is 0 Å². The highest BCUT2D eigenvalue weighted by molar-refractivity contribution is 5.79. The zero-order valence-corrected chi connectivity index (χ0v) is 9.95. The van der Waals surface area contributed by atoms with Gasteiger partial charge in [-0.2, -0.15) is 0 Å². The average Bonchev–Trinajstić information content (AvgIpc) is 2.98. The van der Waals surface area contributed by atoms with Crippen molar-refractivity contribution >= 4 is 5.91 Å². The van der Waals surface area contributed by atoms with Gasteiger partial charge in [-0.1, -0.05) is 12.8 Å². The predicted molar refractivity (Wildman–Crippen MR) is 63.1 cm³/mol. The van der Waals surface area contributed by atoms with Gasteiger partial charge in [0.15, 0.2) is 0 Å². The number of piperidine rings is 1. The van der Waals surface area contributed by atoms with Crippen LogP contribution in [-0.2, 0) is 4.79 Å². The van der Waals surface area contributed by atoms with Crippen molar-refractivity contribution in [2.24, 2.45) is 11.8 Å². The fraction of sp³-hybridized carbons (Fsp3) is 0.923. The lowest BCUT2D eigenvalue weighted by molar-refractivity contribution is -0.137. The zero-order valence-electron chi connectivity index (χ0n) is 9.95. The highest BCUT2D eigenvalue weighted by atomic mass is 16.2. The molecule has 1 aliphatic carbocycles. The van der Waals surface area contributed by atoms with Gasteiger partial charge in [-0.15, -0.1) is 0 Å². The van der Waals surface area contributed by atoms with E-state index in [0.717, 1.165) is 38.4 Å². The van der Waals surface area contributed by atoms with Crippen LogP contribution in [0, 0.1) is 11.8 Å². The highest BCUT2D eigenvalue weighted by Gasteiger charge is 2.36. The van der Waals surface area contributed by atoms with Crippen LogP contribution < -0.4 is 5.32 Å². The van der Waals surface area contributed by atoms with E-state index in [9.17, 15) is 4.79 Å². The van der Waals surface area contributed by atoms with Gasteiger partial charge >= 0.3 is 0 Å². The Labute approximate surface area is 97.6 Å². The number of amides is 1. The second-order valence-electron chi connectivity index (χ2n) is 5.66. The van der Waals surface area contributed by atoms with Crippen LogP contribution in [0.1, 0.15) is 38.5 Å². The van der Waals surface area contributed by atoms with E-state index in [-0.39, 0.29) is 0 Å². The minimum Gasteiger partial charge on any atom is -0.342 e. The van der Waals surface area contributed by atoms with Gasteiger partial charge in [-0.3, -0.25) is 4.79 Å². The molecule has 3 nitrogen and oxygen atoms in total. The molecule has 0 aromatic carbocycles. The SMILES string of the molecule is O=C(C1CCCC1)N1CCC2NCCC2C1. The number of carbonyl (C=O) groups is 1. The predicted octanol–water partition coefficient (Wildman–Crippen LogP) is 1.39. The molecule has 3 fully saturated rings.